The van der Waals surface area contributed by atoms with E-state index in [4.69, 9.17) is 4.74 Å². The Morgan fingerprint density at radius 1 is 0.370 bits per heavy atom. The summed E-state index contributed by atoms with van der Waals surface area (Å²) in [5.74, 6) is -0.0588. The van der Waals surface area contributed by atoms with Crippen LogP contribution in [0.3, 0.4) is 0 Å². The fourth-order valence-electron chi connectivity index (χ4n) is 10.1. The fraction of sp³-hybridized carbons (Fsp3) is 0.881. The van der Waals surface area contributed by atoms with Crippen LogP contribution in [0.25, 0.3) is 0 Å². The zero-order valence-electron chi connectivity index (χ0n) is 49.1. The van der Waals surface area contributed by atoms with E-state index in [1.165, 1.54) is 283 Å². The van der Waals surface area contributed by atoms with Gasteiger partial charge in [0.2, 0.25) is 5.91 Å². The molecule has 0 aliphatic carbocycles. The lowest BCUT2D eigenvalue weighted by Crippen LogP contribution is -2.45. The first-order valence-corrected chi connectivity index (χ1v) is 32.8. The zero-order valence-corrected chi connectivity index (χ0v) is 49.1. The molecular formula is C67H127NO5. The second-order valence-corrected chi connectivity index (χ2v) is 22.4. The number of amides is 1. The van der Waals surface area contributed by atoms with E-state index in [0.29, 0.717) is 19.4 Å². The zero-order chi connectivity index (χ0) is 52.9. The minimum absolute atomic E-state index is 0.00827. The van der Waals surface area contributed by atoms with Crippen LogP contribution in [0.15, 0.2) is 36.5 Å². The molecule has 0 saturated carbocycles. The summed E-state index contributed by atoms with van der Waals surface area (Å²) in [5, 5.41) is 23.1. The third-order valence-corrected chi connectivity index (χ3v) is 15.1. The van der Waals surface area contributed by atoms with Gasteiger partial charge < -0.3 is 20.3 Å². The van der Waals surface area contributed by atoms with Gasteiger partial charge in [-0.05, 0) is 83.5 Å². The largest absolute Gasteiger partial charge is 0.466 e. The number of nitrogens with one attached hydrogen (secondary N) is 1. The topological polar surface area (TPSA) is 95.9 Å². The van der Waals surface area contributed by atoms with Crippen LogP contribution in [-0.4, -0.2) is 47.4 Å². The number of aliphatic hydroxyl groups is 2. The molecule has 2 atom stereocenters. The van der Waals surface area contributed by atoms with Gasteiger partial charge in [-0.2, -0.15) is 0 Å². The van der Waals surface area contributed by atoms with Crippen LogP contribution in [-0.2, 0) is 14.3 Å². The minimum Gasteiger partial charge on any atom is -0.466 e. The predicted molar refractivity (Wildman–Crippen MR) is 319 cm³/mol. The highest BCUT2D eigenvalue weighted by Crippen LogP contribution is 2.17. The summed E-state index contributed by atoms with van der Waals surface area (Å²) in [5.41, 5.74) is 0. The second kappa shape index (κ2) is 62.6. The second-order valence-electron chi connectivity index (χ2n) is 22.4. The van der Waals surface area contributed by atoms with Crippen molar-refractivity contribution in [1.29, 1.82) is 0 Å². The predicted octanol–water partition coefficient (Wildman–Crippen LogP) is 20.8. The minimum atomic E-state index is -0.843. The summed E-state index contributed by atoms with van der Waals surface area (Å²) in [4.78, 5) is 24.5. The molecule has 0 rings (SSSR count). The van der Waals surface area contributed by atoms with Crippen LogP contribution in [0, 0.1) is 0 Å². The Morgan fingerprint density at radius 3 is 0.973 bits per heavy atom. The number of hydrogen-bond donors (Lipinski definition) is 3. The molecule has 6 nitrogen and oxygen atoms in total. The average Bonchev–Trinajstić information content (AvgIpc) is 3.39. The molecule has 0 heterocycles. The Labute approximate surface area is 455 Å². The van der Waals surface area contributed by atoms with Gasteiger partial charge in [0.1, 0.15) is 0 Å². The summed E-state index contributed by atoms with van der Waals surface area (Å²) in [6.07, 6.45) is 79.2. The van der Waals surface area contributed by atoms with Gasteiger partial charge in [0.05, 0.1) is 25.4 Å². The van der Waals surface area contributed by atoms with Gasteiger partial charge in [-0.1, -0.05) is 294 Å². The van der Waals surface area contributed by atoms with E-state index in [1.807, 2.05) is 6.08 Å². The first-order valence-electron chi connectivity index (χ1n) is 32.8. The number of carbonyl (C=O) groups excluding carboxylic acids is 2. The van der Waals surface area contributed by atoms with Crippen molar-refractivity contribution in [2.45, 2.75) is 366 Å². The normalized spacial score (nSPS) is 12.8. The SMILES string of the molecule is CCCCCCCC/C=C\CCCCCCCC(=O)OCCCCCCCCCCCCCC/C=C\CCCCCCCCCCCCCCCC(=O)NC(CO)C(O)/C=C/CCCCCCCCCCCC. The lowest BCUT2D eigenvalue weighted by Gasteiger charge is -2.20. The molecule has 0 bridgehead atoms. The van der Waals surface area contributed by atoms with Crippen molar-refractivity contribution in [1.82, 2.24) is 5.32 Å². The van der Waals surface area contributed by atoms with Gasteiger partial charge in [0.25, 0.3) is 0 Å². The van der Waals surface area contributed by atoms with Crippen LogP contribution in [0.2, 0.25) is 0 Å². The number of ether oxygens (including phenoxy) is 1. The molecule has 0 aliphatic rings. The molecule has 430 valence electrons. The highest BCUT2D eigenvalue weighted by molar-refractivity contribution is 5.76. The molecule has 3 N–H and O–H groups in total. The van der Waals surface area contributed by atoms with E-state index in [0.717, 1.165) is 44.9 Å². The summed E-state index contributed by atoms with van der Waals surface area (Å²) >= 11 is 0. The summed E-state index contributed by atoms with van der Waals surface area (Å²) in [7, 11) is 0. The maximum absolute atomic E-state index is 12.4. The van der Waals surface area contributed by atoms with Crippen molar-refractivity contribution in [2.24, 2.45) is 0 Å². The molecule has 0 saturated heterocycles. The van der Waals surface area contributed by atoms with Gasteiger partial charge in [-0.25, -0.2) is 0 Å². The standard InChI is InChI=1S/C67H127NO5/c1-3-5-7-9-11-13-15-17-33-37-41-45-49-53-57-61-67(72)73-62-58-54-50-46-42-38-35-32-30-28-26-24-22-20-18-19-21-23-25-27-29-31-34-36-40-44-48-52-56-60-66(71)68-64(63-69)65(70)59-55-51-47-43-39-16-14-12-10-8-6-4-2/h17-18,20,33,55,59,64-65,69-70H,3-16,19,21-32,34-54,56-58,60-63H2,1-2H3,(H,68,71)/b20-18-,33-17-,59-55+. The summed E-state index contributed by atoms with van der Waals surface area (Å²) in [6.45, 7) is 4.90. The number of esters is 1. The van der Waals surface area contributed by atoms with E-state index in [-0.39, 0.29) is 18.5 Å². The van der Waals surface area contributed by atoms with Gasteiger partial charge in [-0.3, -0.25) is 9.59 Å². The van der Waals surface area contributed by atoms with Gasteiger partial charge in [-0.15, -0.1) is 0 Å². The van der Waals surface area contributed by atoms with E-state index in [2.05, 4.69) is 43.5 Å². The van der Waals surface area contributed by atoms with Crippen molar-refractivity contribution in [3.05, 3.63) is 36.5 Å². The molecular weight excluding hydrogens is 899 g/mol. The summed E-state index contributed by atoms with van der Waals surface area (Å²) in [6, 6.07) is -0.626. The van der Waals surface area contributed by atoms with E-state index >= 15 is 0 Å². The van der Waals surface area contributed by atoms with E-state index in [1.54, 1.807) is 6.08 Å². The molecule has 0 aromatic carbocycles. The first kappa shape index (κ1) is 71.1. The van der Waals surface area contributed by atoms with Crippen molar-refractivity contribution in [3.63, 3.8) is 0 Å². The molecule has 0 aromatic heterocycles. The van der Waals surface area contributed by atoms with Gasteiger partial charge in [0, 0.05) is 12.8 Å². The Kier molecular flexibility index (Phi) is 61.0. The maximum atomic E-state index is 12.4. The Hall–Kier alpha value is -1.92. The molecule has 0 fully saturated rings. The van der Waals surface area contributed by atoms with Crippen LogP contribution < -0.4 is 5.32 Å². The van der Waals surface area contributed by atoms with Gasteiger partial charge in [0.15, 0.2) is 0 Å². The van der Waals surface area contributed by atoms with Crippen molar-refractivity contribution >= 4 is 11.9 Å². The van der Waals surface area contributed by atoms with Crippen LogP contribution in [0.1, 0.15) is 354 Å². The van der Waals surface area contributed by atoms with Crippen molar-refractivity contribution in [3.8, 4) is 0 Å². The third kappa shape index (κ3) is 59.2. The van der Waals surface area contributed by atoms with Crippen molar-refractivity contribution in [2.75, 3.05) is 13.2 Å². The highest BCUT2D eigenvalue weighted by atomic mass is 16.5. The quantitative estimate of drug-likeness (QED) is 0.0320. The Bertz CT molecular complexity index is 1180. The average molecular weight is 1030 g/mol. The van der Waals surface area contributed by atoms with Crippen LogP contribution in [0.5, 0.6) is 0 Å². The monoisotopic (exact) mass is 1030 g/mol. The lowest BCUT2D eigenvalue weighted by atomic mass is 10.0. The smallest absolute Gasteiger partial charge is 0.305 e. The third-order valence-electron chi connectivity index (χ3n) is 15.1. The number of hydrogen-bond acceptors (Lipinski definition) is 5. The molecule has 0 aromatic rings. The highest BCUT2D eigenvalue weighted by Gasteiger charge is 2.18. The lowest BCUT2D eigenvalue weighted by molar-refractivity contribution is -0.143. The number of carbonyl (C=O) groups is 2. The molecule has 6 heteroatoms. The van der Waals surface area contributed by atoms with Crippen molar-refractivity contribution < 1.29 is 24.5 Å². The molecule has 73 heavy (non-hydrogen) atoms. The van der Waals surface area contributed by atoms with Crippen LogP contribution >= 0.6 is 0 Å². The summed E-state index contributed by atoms with van der Waals surface area (Å²) < 4.78 is 5.49. The number of rotatable bonds is 61. The van der Waals surface area contributed by atoms with Gasteiger partial charge >= 0.3 is 5.97 Å². The Morgan fingerprint density at radius 2 is 0.644 bits per heavy atom. The van der Waals surface area contributed by atoms with Crippen LogP contribution in [0.4, 0.5) is 0 Å². The number of aliphatic hydroxyl groups excluding tert-OH is 2. The molecule has 1 amide bonds. The maximum Gasteiger partial charge on any atom is 0.305 e. The number of allylic oxidation sites excluding steroid dienone is 5. The van der Waals surface area contributed by atoms with E-state index in [9.17, 15) is 19.8 Å². The fourth-order valence-corrected chi connectivity index (χ4v) is 10.1. The molecule has 0 aliphatic heterocycles. The molecule has 0 spiro atoms. The molecule has 0 radical (unpaired) electrons. The first-order chi connectivity index (χ1) is 36.0. The number of unbranched alkanes of at least 4 members (excludes halogenated alkanes) is 46. The van der Waals surface area contributed by atoms with E-state index < -0.39 is 12.1 Å². The Balaban J connectivity index is 3.37. The molecule has 2 unspecified atom stereocenters.